The lowest BCUT2D eigenvalue weighted by atomic mass is 9.71. The van der Waals surface area contributed by atoms with Crippen molar-refractivity contribution in [1.82, 2.24) is 5.32 Å². The number of carbonyl (C=O) groups excluding carboxylic acids is 3. The van der Waals surface area contributed by atoms with Crippen LogP contribution >= 0.6 is 0 Å². The van der Waals surface area contributed by atoms with Crippen LogP contribution in [0, 0.1) is 0 Å². The van der Waals surface area contributed by atoms with E-state index in [9.17, 15) is 24.6 Å². The molecule has 0 radical (unpaired) electrons. The number of rotatable bonds is 9. The Morgan fingerprint density at radius 1 is 1.12 bits per heavy atom. The van der Waals surface area contributed by atoms with Crippen LogP contribution in [0.2, 0.25) is 0 Å². The Kier molecular flexibility index (Phi) is 6.95. The van der Waals surface area contributed by atoms with Crippen LogP contribution in [0.5, 0.6) is 5.75 Å². The van der Waals surface area contributed by atoms with Crippen LogP contribution in [0.3, 0.4) is 0 Å². The summed E-state index contributed by atoms with van der Waals surface area (Å²) in [6.07, 6.45) is 1.18. The molecule has 180 valence electrons. The minimum absolute atomic E-state index is 0.0726. The molecular formula is C26H30N2O6. The zero-order valence-electron chi connectivity index (χ0n) is 19.3. The van der Waals surface area contributed by atoms with E-state index in [0.29, 0.717) is 42.0 Å². The van der Waals surface area contributed by atoms with Crippen molar-refractivity contribution in [3.8, 4) is 5.75 Å². The van der Waals surface area contributed by atoms with Crippen LogP contribution in [0.15, 0.2) is 24.3 Å². The zero-order valence-corrected chi connectivity index (χ0v) is 19.3. The molecule has 1 atom stereocenters. The van der Waals surface area contributed by atoms with E-state index in [-0.39, 0.29) is 54.1 Å². The Balaban J connectivity index is 1.76. The van der Waals surface area contributed by atoms with Gasteiger partial charge in [-0.25, -0.2) is 0 Å². The first-order chi connectivity index (χ1) is 16.3. The van der Waals surface area contributed by atoms with E-state index in [2.05, 4.69) is 5.32 Å². The number of ketones is 3. The summed E-state index contributed by atoms with van der Waals surface area (Å²) in [6, 6.07) is 6.53. The van der Waals surface area contributed by atoms with Crippen LogP contribution < -0.4 is 11.1 Å². The molecule has 0 aromatic heterocycles. The number of carbonyl (C=O) groups is 3. The highest BCUT2D eigenvalue weighted by Gasteiger charge is 2.43. The first kappa shape index (κ1) is 24.2. The number of hydrogen-bond acceptors (Lipinski definition) is 8. The SMILES string of the molecule is CC(=O)[C@@]1(O)CCc2c(c(O)c3c(c2COCCNCCCN)C(=O)c2ccccc2C3=O)C1. The van der Waals surface area contributed by atoms with Crippen LogP contribution in [0.25, 0.3) is 0 Å². The summed E-state index contributed by atoms with van der Waals surface area (Å²) in [5.74, 6) is -1.52. The first-order valence-corrected chi connectivity index (χ1v) is 11.6. The number of nitrogens with one attached hydrogen (secondary N) is 1. The Labute approximate surface area is 198 Å². The maximum absolute atomic E-state index is 13.5. The molecule has 2 aliphatic rings. The summed E-state index contributed by atoms with van der Waals surface area (Å²) in [7, 11) is 0. The molecule has 0 heterocycles. The monoisotopic (exact) mass is 466 g/mol. The van der Waals surface area contributed by atoms with Gasteiger partial charge in [-0.15, -0.1) is 0 Å². The molecule has 0 unspecified atom stereocenters. The number of aliphatic hydroxyl groups is 1. The van der Waals surface area contributed by atoms with Crippen molar-refractivity contribution in [1.29, 1.82) is 0 Å². The van der Waals surface area contributed by atoms with Crippen LogP contribution in [0.1, 0.15) is 68.3 Å². The highest BCUT2D eigenvalue weighted by molar-refractivity contribution is 6.30. The molecule has 0 amide bonds. The van der Waals surface area contributed by atoms with Crippen LogP contribution in [-0.2, 0) is 29.0 Å². The molecule has 2 aliphatic carbocycles. The fourth-order valence-electron chi connectivity index (χ4n) is 4.85. The van der Waals surface area contributed by atoms with E-state index in [0.717, 1.165) is 13.0 Å². The predicted molar refractivity (Wildman–Crippen MR) is 125 cm³/mol. The van der Waals surface area contributed by atoms with Gasteiger partial charge in [-0.1, -0.05) is 24.3 Å². The predicted octanol–water partition coefficient (Wildman–Crippen LogP) is 1.43. The van der Waals surface area contributed by atoms with Crippen LogP contribution in [-0.4, -0.2) is 59.4 Å². The van der Waals surface area contributed by atoms with Gasteiger partial charge in [-0.3, -0.25) is 14.4 Å². The summed E-state index contributed by atoms with van der Waals surface area (Å²) < 4.78 is 5.87. The van der Waals surface area contributed by atoms with Crippen molar-refractivity contribution in [2.24, 2.45) is 5.73 Å². The molecule has 0 bridgehead atoms. The van der Waals surface area contributed by atoms with Crippen molar-refractivity contribution in [2.75, 3.05) is 26.2 Å². The van der Waals surface area contributed by atoms with Gasteiger partial charge in [-0.2, -0.15) is 0 Å². The minimum Gasteiger partial charge on any atom is -0.507 e. The van der Waals surface area contributed by atoms with Gasteiger partial charge in [0.1, 0.15) is 11.4 Å². The lowest BCUT2D eigenvalue weighted by Crippen LogP contribution is -2.43. The first-order valence-electron chi connectivity index (χ1n) is 11.6. The quantitative estimate of drug-likeness (QED) is 0.348. The van der Waals surface area contributed by atoms with Gasteiger partial charge in [0, 0.05) is 35.2 Å². The molecule has 2 aromatic carbocycles. The third kappa shape index (κ3) is 4.18. The van der Waals surface area contributed by atoms with E-state index in [1.165, 1.54) is 6.92 Å². The molecule has 0 saturated carbocycles. The Hall–Kier alpha value is -2.91. The average Bonchev–Trinajstić information content (AvgIpc) is 2.83. The second kappa shape index (κ2) is 9.76. The summed E-state index contributed by atoms with van der Waals surface area (Å²) in [6.45, 7) is 3.74. The van der Waals surface area contributed by atoms with E-state index in [4.69, 9.17) is 10.5 Å². The molecule has 5 N–H and O–H groups in total. The Bertz CT molecular complexity index is 1160. The summed E-state index contributed by atoms with van der Waals surface area (Å²) in [4.78, 5) is 39.0. The number of Topliss-reactive ketones (excluding diaryl/α,β-unsaturated/α-hetero) is 1. The maximum atomic E-state index is 13.5. The molecule has 0 spiro atoms. The molecule has 0 saturated heterocycles. The molecule has 8 nitrogen and oxygen atoms in total. The van der Waals surface area contributed by atoms with Gasteiger partial charge in [0.15, 0.2) is 17.3 Å². The summed E-state index contributed by atoms with van der Waals surface area (Å²) >= 11 is 0. The zero-order chi connectivity index (χ0) is 24.5. The average molecular weight is 467 g/mol. The van der Waals surface area contributed by atoms with Gasteiger partial charge < -0.3 is 26.0 Å². The standard InChI is InChI=1S/C26H30N2O6/c1-15(29)26(33)8-7-16-19(13-26)25(32)22-21(20(16)14-34-12-11-28-10-4-9-27)23(30)17-5-2-3-6-18(17)24(22)31/h2-3,5-6,28,32-33H,4,7-14,27H2,1H3/t26-/m1/s1. The van der Waals surface area contributed by atoms with E-state index < -0.39 is 17.2 Å². The fraction of sp³-hybridized carbons (Fsp3) is 0.423. The van der Waals surface area contributed by atoms with Crippen molar-refractivity contribution >= 4 is 17.3 Å². The number of aromatic hydroxyl groups is 1. The highest BCUT2D eigenvalue weighted by Crippen LogP contribution is 2.44. The molecule has 4 rings (SSSR count). The van der Waals surface area contributed by atoms with Crippen molar-refractivity contribution in [3.05, 3.63) is 63.2 Å². The van der Waals surface area contributed by atoms with Crippen molar-refractivity contribution in [2.45, 2.75) is 44.8 Å². The highest BCUT2D eigenvalue weighted by atomic mass is 16.5. The van der Waals surface area contributed by atoms with E-state index in [1.54, 1.807) is 24.3 Å². The van der Waals surface area contributed by atoms with Crippen molar-refractivity contribution in [3.63, 3.8) is 0 Å². The molecule has 8 heteroatoms. The number of benzene rings is 2. The largest absolute Gasteiger partial charge is 0.507 e. The lowest BCUT2D eigenvalue weighted by Gasteiger charge is -2.35. The second-order valence-electron chi connectivity index (χ2n) is 8.95. The smallest absolute Gasteiger partial charge is 0.198 e. The van der Waals surface area contributed by atoms with Gasteiger partial charge in [-0.05, 0) is 50.4 Å². The molecule has 0 fully saturated rings. The number of hydrogen-bond donors (Lipinski definition) is 4. The third-order valence-electron chi connectivity index (χ3n) is 6.81. The normalized spacial score (nSPS) is 18.9. The maximum Gasteiger partial charge on any atom is 0.198 e. The number of phenolic OH excluding ortho intramolecular Hbond substituents is 1. The van der Waals surface area contributed by atoms with E-state index in [1.807, 2.05) is 0 Å². The Morgan fingerprint density at radius 2 is 1.79 bits per heavy atom. The van der Waals surface area contributed by atoms with Gasteiger partial charge >= 0.3 is 0 Å². The van der Waals surface area contributed by atoms with E-state index >= 15 is 0 Å². The van der Waals surface area contributed by atoms with Gasteiger partial charge in [0.05, 0.1) is 18.8 Å². The summed E-state index contributed by atoms with van der Waals surface area (Å²) in [5, 5.41) is 25.2. The number of nitrogens with two attached hydrogens (primary N) is 1. The van der Waals surface area contributed by atoms with Gasteiger partial charge in [0.25, 0.3) is 0 Å². The van der Waals surface area contributed by atoms with Crippen molar-refractivity contribution < 1.29 is 29.3 Å². The molecule has 2 aromatic rings. The third-order valence-corrected chi connectivity index (χ3v) is 6.81. The lowest BCUT2D eigenvalue weighted by molar-refractivity contribution is -0.136. The molecule has 0 aliphatic heterocycles. The molecule has 34 heavy (non-hydrogen) atoms. The minimum atomic E-state index is -1.62. The number of phenols is 1. The number of fused-ring (bicyclic) bond motifs is 3. The van der Waals surface area contributed by atoms with Gasteiger partial charge in [0.2, 0.25) is 0 Å². The second-order valence-corrected chi connectivity index (χ2v) is 8.95. The van der Waals surface area contributed by atoms with Crippen LogP contribution in [0.4, 0.5) is 0 Å². The fourth-order valence-corrected chi connectivity index (χ4v) is 4.85. The number of ether oxygens (including phenoxy) is 1. The topological polar surface area (TPSA) is 139 Å². The molecular weight excluding hydrogens is 436 g/mol. The Morgan fingerprint density at radius 3 is 2.44 bits per heavy atom. The summed E-state index contributed by atoms with van der Waals surface area (Å²) in [5.41, 5.74) is 6.02.